The second-order valence-electron chi connectivity index (χ2n) is 7.54. The van der Waals surface area contributed by atoms with Crippen molar-refractivity contribution in [2.75, 3.05) is 5.32 Å². The van der Waals surface area contributed by atoms with Crippen LogP contribution < -0.4 is 16.6 Å². The van der Waals surface area contributed by atoms with Gasteiger partial charge in [-0.15, -0.1) is 0 Å². The minimum Gasteiger partial charge on any atom is -0.481 e. The number of carboxylic acid groups (broad SMARTS) is 1. The van der Waals surface area contributed by atoms with E-state index in [1.807, 2.05) is 0 Å². The van der Waals surface area contributed by atoms with Crippen LogP contribution in [0.25, 0.3) is 11.2 Å². The number of aromatic nitrogens is 4. The zero-order valence-corrected chi connectivity index (χ0v) is 19.2. The lowest BCUT2D eigenvalue weighted by molar-refractivity contribution is -0.136. The summed E-state index contributed by atoms with van der Waals surface area (Å²) >= 11 is 12.0. The number of carbonyl (C=O) groups is 1. The molecule has 2 heterocycles. The number of carboxylic acids is 1. The van der Waals surface area contributed by atoms with Crippen LogP contribution in [0.3, 0.4) is 0 Å². The highest BCUT2D eigenvalue weighted by Crippen LogP contribution is 2.23. The number of aliphatic carboxylic acids is 1. The molecule has 0 saturated heterocycles. The summed E-state index contributed by atoms with van der Waals surface area (Å²) in [5.41, 5.74) is 1.31. The molecule has 11 heteroatoms. The topological polar surface area (TPSA) is 111 Å². The number of halogens is 2. The highest BCUT2D eigenvalue weighted by atomic mass is 35.5. The van der Waals surface area contributed by atoms with Crippen molar-refractivity contribution in [1.29, 1.82) is 0 Å². The van der Waals surface area contributed by atoms with E-state index in [1.54, 1.807) is 61.1 Å². The zero-order valence-electron chi connectivity index (χ0n) is 17.7. The fraction of sp³-hybridized carbons (Fsp3) is 0.182. The molecular weight excluding hydrogens is 469 g/mol. The monoisotopic (exact) mass is 487 g/mol. The summed E-state index contributed by atoms with van der Waals surface area (Å²) in [6.07, 6.45) is -0.119. The van der Waals surface area contributed by atoms with E-state index in [1.165, 1.54) is 4.57 Å². The summed E-state index contributed by atoms with van der Waals surface area (Å²) in [5.74, 6) is -0.607. The van der Waals surface area contributed by atoms with Gasteiger partial charge < -0.3 is 15.0 Å². The van der Waals surface area contributed by atoms with Crippen LogP contribution in [0.4, 0.5) is 11.6 Å². The third kappa shape index (κ3) is 4.37. The number of nitrogens with zero attached hydrogens (tertiary/aromatic N) is 4. The lowest BCUT2D eigenvalue weighted by Crippen LogP contribution is -2.39. The molecule has 0 unspecified atom stereocenters. The van der Waals surface area contributed by atoms with E-state index < -0.39 is 17.2 Å². The summed E-state index contributed by atoms with van der Waals surface area (Å²) < 4.78 is 3.98. The maximum atomic E-state index is 13.3. The van der Waals surface area contributed by atoms with Crippen LogP contribution >= 0.6 is 23.2 Å². The van der Waals surface area contributed by atoms with Crippen LogP contribution in [0.5, 0.6) is 0 Å². The van der Waals surface area contributed by atoms with Crippen molar-refractivity contribution in [2.24, 2.45) is 14.1 Å². The van der Waals surface area contributed by atoms with Crippen molar-refractivity contribution in [2.45, 2.75) is 13.0 Å². The first kappa shape index (κ1) is 22.6. The molecule has 4 rings (SSSR count). The van der Waals surface area contributed by atoms with E-state index >= 15 is 0 Å². The molecule has 2 aromatic carbocycles. The molecule has 2 aromatic heterocycles. The van der Waals surface area contributed by atoms with Crippen molar-refractivity contribution < 1.29 is 9.90 Å². The summed E-state index contributed by atoms with van der Waals surface area (Å²) in [7, 11) is 3.20. The maximum absolute atomic E-state index is 13.3. The van der Waals surface area contributed by atoms with E-state index in [4.69, 9.17) is 28.3 Å². The number of hydrogen-bond donors (Lipinski definition) is 2. The van der Waals surface area contributed by atoms with Crippen LogP contribution in [0.1, 0.15) is 11.1 Å². The van der Waals surface area contributed by atoms with Gasteiger partial charge in [0.2, 0.25) is 5.95 Å². The third-order valence-corrected chi connectivity index (χ3v) is 5.96. The molecule has 0 atom stereocenters. The summed E-state index contributed by atoms with van der Waals surface area (Å²) in [6.45, 7) is 0.0174. The number of anilines is 2. The van der Waals surface area contributed by atoms with Crippen LogP contribution in [0.2, 0.25) is 10.0 Å². The molecular formula is C22H19Cl2N5O4. The summed E-state index contributed by atoms with van der Waals surface area (Å²) in [4.78, 5) is 41.6. The van der Waals surface area contributed by atoms with Gasteiger partial charge in [0.1, 0.15) is 0 Å². The first-order valence-electron chi connectivity index (χ1n) is 9.83. The average molecular weight is 488 g/mol. The first-order chi connectivity index (χ1) is 15.7. The van der Waals surface area contributed by atoms with Gasteiger partial charge in [-0.1, -0.05) is 41.4 Å². The molecule has 0 spiro atoms. The molecule has 9 nitrogen and oxygen atoms in total. The minimum atomic E-state index is -0.938. The Morgan fingerprint density at radius 3 is 2.48 bits per heavy atom. The molecule has 0 aliphatic carbocycles. The Morgan fingerprint density at radius 1 is 1.03 bits per heavy atom. The minimum absolute atomic E-state index is 0.0174. The third-order valence-electron chi connectivity index (χ3n) is 5.22. The number of nitrogens with one attached hydrogen (secondary N) is 1. The van der Waals surface area contributed by atoms with Crippen molar-refractivity contribution in [3.05, 3.63) is 84.5 Å². The molecule has 4 aromatic rings. The molecule has 0 aliphatic heterocycles. The first-order valence-corrected chi connectivity index (χ1v) is 10.6. The van der Waals surface area contributed by atoms with Crippen molar-refractivity contribution in [3.8, 4) is 0 Å². The van der Waals surface area contributed by atoms with E-state index in [0.717, 1.165) is 4.57 Å². The second-order valence-corrected chi connectivity index (χ2v) is 8.36. The Hall–Kier alpha value is -3.56. The number of rotatable bonds is 6. The predicted molar refractivity (Wildman–Crippen MR) is 127 cm³/mol. The predicted octanol–water partition coefficient (Wildman–Crippen LogP) is 3.16. The molecule has 0 bridgehead atoms. The SMILES string of the molecule is Cn1c(Nc2cccc(CC(=O)O)c2)nc2c1c(=O)n(Cc1ccc(Cl)c(Cl)c1)c(=O)n2C. The summed E-state index contributed by atoms with van der Waals surface area (Å²) in [6, 6.07) is 11.8. The number of aryl methyl sites for hydroxylation is 2. The fourth-order valence-electron chi connectivity index (χ4n) is 3.58. The van der Waals surface area contributed by atoms with Crippen LogP contribution in [-0.2, 0) is 31.9 Å². The van der Waals surface area contributed by atoms with Gasteiger partial charge in [0.15, 0.2) is 11.2 Å². The van der Waals surface area contributed by atoms with E-state index in [0.29, 0.717) is 32.8 Å². The van der Waals surface area contributed by atoms with E-state index in [9.17, 15) is 14.4 Å². The quantitative estimate of drug-likeness (QED) is 0.432. The molecule has 0 fully saturated rings. The molecule has 33 heavy (non-hydrogen) atoms. The maximum Gasteiger partial charge on any atom is 0.332 e. The van der Waals surface area contributed by atoms with Crippen LogP contribution in [-0.4, -0.2) is 29.8 Å². The van der Waals surface area contributed by atoms with Gasteiger partial charge in [0, 0.05) is 19.8 Å². The Balaban J connectivity index is 1.77. The van der Waals surface area contributed by atoms with Gasteiger partial charge in [0.05, 0.1) is 23.0 Å². The van der Waals surface area contributed by atoms with E-state index in [2.05, 4.69) is 10.3 Å². The number of fused-ring (bicyclic) bond motifs is 1. The van der Waals surface area contributed by atoms with Gasteiger partial charge >= 0.3 is 11.7 Å². The van der Waals surface area contributed by atoms with Crippen LogP contribution in [0, 0.1) is 0 Å². The van der Waals surface area contributed by atoms with Crippen molar-refractivity contribution in [3.63, 3.8) is 0 Å². The Morgan fingerprint density at radius 2 is 1.79 bits per heavy atom. The van der Waals surface area contributed by atoms with Crippen LogP contribution in [0.15, 0.2) is 52.1 Å². The Bertz CT molecular complexity index is 1520. The molecule has 2 N–H and O–H groups in total. The summed E-state index contributed by atoms with van der Waals surface area (Å²) in [5, 5.41) is 12.8. The zero-order chi connectivity index (χ0) is 23.9. The number of hydrogen-bond acceptors (Lipinski definition) is 5. The van der Waals surface area contributed by atoms with Gasteiger partial charge in [-0.2, -0.15) is 4.98 Å². The largest absolute Gasteiger partial charge is 0.481 e. The second kappa shape index (κ2) is 8.76. The Labute approximate surface area is 197 Å². The lowest BCUT2D eigenvalue weighted by Gasteiger charge is -2.10. The molecule has 0 aliphatic rings. The molecule has 0 radical (unpaired) electrons. The van der Waals surface area contributed by atoms with Gasteiger partial charge in [0.25, 0.3) is 5.56 Å². The standard InChI is InChI=1S/C22H19Cl2N5O4/c1-27-18-19(26-21(27)25-14-5-3-4-12(8-14)10-17(30)31)28(2)22(33)29(20(18)32)11-13-6-7-15(23)16(24)9-13/h3-9H,10-11H2,1-2H3,(H,25,26)(H,30,31). The lowest BCUT2D eigenvalue weighted by atomic mass is 10.1. The molecule has 0 saturated carbocycles. The van der Waals surface area contributed by atoms with E-state index in [-0.39, 0.29) is 24.1 Å². The Kier molecular flexibility index (Phi) is 6.01. The highest BCUT2D eigenvalue weighted by molar-refractivity contribution is 6.42. The van der Waals surface area contributed by atoms with Gasteiger partial charge in [-0.05, 0) is 35.4 Å². The normalized spacial score (nSPS) is 11.2. The smallest absolute Gasteiger partial charge is 0.332 e. The fourth-order valence-corrected chi connectivity index (χ4v) is 3.90. The number of benzene rings is 2. The van der Waals surface area contributed by atoms with Crippen molar-refractivity contribution in [1.82, 2.24) is 18.7 Å². The highest BCUT2D eigenvalue weighted by Gasteiger charge is 2.19. The van der Waals surface area contributed by atoms with Gasteiger partial charge in [-0.25, -0.2) is 4.79 Å². The molecule has 170 valence electrons. The average Bonchev–Trinajstić information content (AvgIpc) is 3.08. The van der Waals surface area contributed by atoms with Gasteiger partial charge in [-0.3, -0.25) is 18.7 Å². The molecule has 0 amide bonds. The number of imidazole rings is 1. The van der Waals surface area contributed by atoms with Crippen molar-refractivity contribution >= 4 is 52.0 Å².